The molecule has 31 heavy (non-hydrogen) atoms. The van der Waals surface area contributed by atoms with Crippen LogP contribution in [-0.2, 0) is 19.9 Å². The van der Waals surface area contributed by atoms with E-state index in [1.165, 1.54) is 43.3 Å². The van der Waals surface area contributed by atoms with E-state index in [0.29, 0.717) is 6.92 Å². The van der Waals surface area contributed by atoms with E-state index in [1.807, 2.05) is 0 Å². The minimum absolute atomic E-state index is 0.000650. The lowest BCUT2D eigenvalue weighted by Gasteiger charge is -2.30. The summed E-state index contributed by atoms with van der Waals surface area (Å²) in [5.74, 6) is -1.64. The fourth-order valence-corrected chi connectivity index (χ4v) is 3.35. The number of halogens is 3. The van der Waals surface area contributed by atoms with Crippen LogP contribution in [0.25, 0.3) is 21.5 Å². The largest absolute Gasteiger partial charge is 0.425 e. The lowest BCUT2D eigenvalue weighted by molar-refractivity contribution is -0.257. The van der Waals surface area contributed by atoms with E-state index in [1.54, 1.807) is 12.1 Å². The molecule has 0 fully saturated rings. The van der Waals surface area contributed by atoms with Crippen LogP contribution in [-0.4, -0.2) is 30.0 Å². The van der Waals surface area contributed by atoms with Gasteiger partial charge in [-0.1, -0.05) is 55.1 Å². The number of benzene rings is 3. The van der Waals surface area contributed by atoms with E-state index in [4.69, 9.17) is 9.47 Å². The molecule has 0 aliphatic carbocycles. The summed E-state index contributed by atoms with van der Waals surface area (Å²) in [5, 5.41) is 10.9. The van der Waals surface area contributed by atoms with Gasteiger partial charge in [0.15, 0.2) is 5.60 Å². The number of fused-ring (bicyclic) bond motifs is 2. The zero-order valence-corrected chi connectivity index (χ0v) is 16.7. The zero-order chi connectivity index (χ0) is 23.0. The highest BCUT2D eigenvalue weighted by Gasteiger charge is 2.52. The quantitative estimate of drug-likeness (QED) is 0.266. The van der Waals surface area contributed by atoms with Crippen LogP contribution in [0.15, 0.2) is 60.7 Å². The normalized spacial score (nSPS) is 13.6. The molecule has 1 atom stereocenters. The molecule has 0 amide bonds. The van der Waals surface area contributed by atoms with Crippen LogP contribution in [0.1, 0.15) is 29.8 Å². The van der Waals surface area contributed by atoms with Gasteiger partial charge >= 0.3 is 18.1 Å². The lowest BCUT2D eigenvalue weighted by atomic mass is 9.83. The molecule has 8 heteroatoms. The number of ether oxygens (including phenoxy) is 2. The van der Waals surface area contributed by atoms with Gasteiger partial charge in [-0.15, -0.1) is 0 Å². The van der Waals surface area contributed by atoms with Crippen LogP contribution in [0.2, 0.25) is 0 Å². The Hall–Kier alpha value is -3.39. The minimum Gasteiger partial charge on any atom is -0.425 e. The second kappa shape index (κ2) is 8.03. The van der Waals surface area contributed by atoms with E-state index >= 15 is 0 Å². The van der Waals surface area contributed by atoms with E-state index in [0.717, 1.165) is 0 Å². The van der Waals surface area contributed by atoms with Crippen molar-refractivity contribution in [2.24, 2.45) is 0 Å². The highest BCUT2D eigenvalue weighted by Crippen LogP contribution is 2.46. The molecule has 0 heterocycles. The van der Waals surface area contributed by atoms with Crippen molar-refractivity contribution >= 4 is 33.5 Å². The van der Waals surface area contributed by atoms with Gasteiger partial charge in [-0.05, 0) is 35.4 Å². The molecule has 0 aromatic heterocycles. The van der Waals surface area contributed by atoms with Crippen molar-refractivity contribution in [3.05, 3.63) is 71.8 Å². The van der Waals surface area contributed by atoms with Crippen molar-refractivity contribution in [1.29, 1.82) is 0 Å². The van der Waals surface area contributed by atoms with Crippen molar-refractivity contribution in [1.82, 2.24) is 0 Å². The highest BCUT2D eigenvalue weighted by molar-refractivity contribution is 6.18. The fraction of sp³-hybridized carbons (Fsp3) is 0.217. The van der Waals surface area contributed by atoms with Gasteiger partial charge in [0.1, 0.15) is 0 Å². The van der Waals surface area contributed by atoms with Gasteiger partial charge in [-0.3, -0.25) is 0 Å². The summed E-state index contributed by atoms with van der Waals surface area (Å²) in [6.45, 7) is 4.83. The lowest BCUT2D eigenvalue weighted by Crippen LogP contribution is -2.39. The number of hydrogen-bond donors (Lipinski definition) is 1. The van der Waals surface area contributed by atoms with Crippen LogP contribution >= 0.6 is 0 Å². The first kappa shape index (κ1) is 22.3. The number of carbonyl (C=O) groups excluding carboxylic acids is 2. The average Bonchev–Trinajstić information content (AvgIpc) is 2.70. The van der Waals surface area contributed by atoms with Crippen LogP contribution < -0.4 is 0 Å². The Morgan fingerprint density at radius 3 is 1.81 bits per heavy atom. The predicted molar refractivity (Wildman–Crippen MR) is 108 cm³/mol. The summed E-state index contributed by atoms with van der Waals surface area (Å²) in [4.78, 5) is 24.3. The molecule has 0 saturated heterocycles. The smallest absolute Gasteiger partial charge is 0.421 e. The van der Waals surface area contributed by atoms with Crippen molar-refractivity contribution in [2.45, 2.75) is 25.6 Å². The Morgan fingerprint density at radius 2 is 1.39 bits per heavy atom. The van der Waals surface area contributed by atoms with Crippen molar-refractivity contribution in [3.63, 3.8) is 0 Å². The van der Waals surface area contributed by atoms with Gasteiger partial charge in [0.2, 0.25) is 6.79 Å². The molecule has 3 rings (SSSR count). The van der Waals surface area contributed by atoms with Gasteiger partial charge in [0.25, 0.3) is 0 Å². The summed E-state index contributed by atoms with van der Waals surface area (Å²) in [5.41, 5.74) is -3.42. The molecule has 0 spiro atoms. The molecule has 0 aliphatic rings. The molecule has 0 radical (unpaired) electrons. The maximum Gasteiger partial charge on any atom is 0.421 e. The molecule has 3 aromatic carbocycles. The number of hydrogen-bond acceptors (Lipinski definition) is 5. The molecule has 162 valence electrons. The molecule has 5 nitrogen and oxygen atoms in total. The maximum absolute atomic E-state index is 13.7. The summed E-state index contributed by atoms with van der Waals surface area (Å²) < 4.78 is 51.1. The van der Waals surface area contributed by atoms with Gasteiger partial charge in [-0.2, -0.15) is 13.2 Å². The van der Waals surface area contributed by atoms with E-state index in [9.17, 15) is 27.9 Å². The fourth-order valence-electron chi connectivity index (χ4n) is 3.35. The first-order valence-corrected chi connectivity index (χ1v) is 9.19. The molecular weight excluding hydrogens is 413 g/mol. The number of rotatable bonds is 5. The van der Waals surface area contributed by atoms with Gasteiger partial charge < -0.3 is 14.6 Å². The zero-order valence-electron chi connectivity index (χ0n) is 16.7. The van der Waals surface area contributed by atoms with Crippen LogP contribution in [0, 0.1) is 0 Å². The van der Waals surface area contributed by atoms with Gasteiger partial charge in [0, 0.05) is 11.1 Å². The maximum atomic E-state index is 13.7. The van der Waals surface area contributed by atoms with E-state index in [-0.39, 0.29) is 38.2 Å². The van der Waals surface area contributed by atoms with Crippen LogP contribution in [0.3, 0.4) is 0 Å². The molecule has 0 aliphatic heterocycles. The average molecular weight is 432 g/mol. The van der Waals surface area contributed by atoms with Crippen molar-refractivity contribution < 1.29 is 37.3 Å². The second-order valence-electron chi connectivity index (χ2n) is 7.17. The Bertz CT molecular complexity index is 1140. The number of aliphatic hydroxyl groups is 1. The number of alkyl halides is 3. The SMILES string of the molecule is C=C(C)C(=O)OCOC(=O)c1c2ccccc2c(C(C)(O)C(F)(F)F)c2ccccc12. The van der Waals surface area contributed by atoms with Crippen molar-refractivity contribution in [3.8, 4) is 0 Å². The molecule has 3 aromatic rings. The third kappa shape index (κ3) is 3.98. The number of carbonyl (C=O) groups is 2. The Morgan fingerprint density at radius 1 is 0.935 bits per heavy atom. The standard InChI is InChI=1S/C23H19F3O5/c1-13(2)20(27)30-12-31-21(28)18-14-8-4-6-10-16(14)19(22(3,29)23(24,25)26)17-11-7-5-9-15(17)18/h4-11,29H,1,12H2,2-3H3. The summed E-state index contributed by atoms with van der Waals surface area (Å²) >= 11 is 0. The van der Waals surface area contributed by atoms with Crippen LogP contribution in [0.4, 0.5) is 13.2 Å². The Labute approximate surface area is 175 Å². The molecule has 0 bridgehead atoms. The Kier molecular flexibility index (Phi) is 5.78. The third-order valence-electron chi connectivity index (χ3n) is 4.90. The molecule has 1 N–H and O–H groups in total. The van der Waals surface area contributed by atoms with E-state index < -0.39 is 30.5 Å². The van der Waals surface area contributed by atoms with E-state index in [2.05, 4.69) is 6.58 Å². The third-order valence-corrected chi connectivity index (χ3v) is 4.90. The second-order valence-corrected chi connectivity index (χ2v) is 7.17. The number of esters is 2. The first-order chi connectivity index (χ1) is 14.5. The minimum atomic E-state index is -4.96. The summed E-state index contributed by atoms with van der Waals surface area (Å²) in [6, 6.07) is 11.9. The summed E-state index contributed by atoms with van der Waals surface area (Å²) in [6.07, 6.45) is -4.96. The van der Waals surface area contributed by atoms with Crippen LogP contribution in [0.5, 0.6) is 0 Å². The predicted octanol–water partition coefficient (Wildman–Crippen LogP) is 5.00. The topological polar surface area (TPSA) is 72.8 Å². The monoisotopic (exact) mass is 432 g/mol. The highest BCUT2D eigenvalue weighted by atomic mass is 19.4. The summed E-state index contributed by atoms with van der Waals surface area (Å²) in [7, 11) is 0. The molecule has 1 unspecified atom stereocenters. The van der Waals surface area contributed by atoms with Crippen molar-refractivity contribution in [2.75, 3.05) is 6.79 Å². The van der Waals surface area contributed by atoms with Gasteiger partial charge in [0.05, 0.1) is 5.56 Å². The Balaban J connectivity index is 2.23. The molecule has 0 saturated carbocycles. The molecular formula is C23H19F3O5. The van der Waals surface area contributed by atoms with Gasteiger partial charge in [-0.25, -0.2) is 9.59 Å². The first-order valence-electron chi connectivity index (χ1n) is 9.19.